The van der Waals surface area contributed by atoms with Crippen molar-refractivity contribution in [2.75, 3.05) is 6.54 Å². The van der Waals surface area contributed by atoms with Crippen molar-refractivity contribution in [3.8, 4) is 5.75 Å². The lowest BCUT2D eigenvalue weighted by Crippen LogP contribution is -2.24. The maximum Gasteiger partial charge on any atom is 0.269 e. The molecule has 0 aromatic heterocycles. The van der Waals surface area contributed by atoms with Gasteiger partial charge in [-0.25, -0.2) is 0 Å². The molecule has 0 heterocycles. The number of amides is 1. The van der Waals surface area contributed by atoms with Crippen molar-refractivity contribution in [1.82, 2.24) is 5.32 Å². The van der Waals surface area contributed by atoms with E-state index in [1.54, 1.807) is 24.3 Å². The SMILES string of the molecule is CCCCCCCCCCCCNC(=O)CCC(=O)c1cc(C)c(OCc2ccc([N+](=O)[O-])cc2)c(C)c1. The monoisotopic (exact) mass is 524 g/mol. The lowest BCUT2D eigenvalue weighted by Gasteiger charge is -2.14. The van der Waals surface area contributed by atoms with Gasteiger partial charge < -0.3 is 10.1 Å². The summed E-state index contributed by atoms with van der Waals surface area (Å²) in [5.41, 5.74) is 3.10. The highest BCUT2D eigenvalue weighted by Crippen LogP contribution is 2.27. The Morgan fingerprint density at radius 1 is 0.842 bits per heavy atom. The van der Waals surface area contributed by atoms with Crippen LogP contribution in [0.4, 0.5) is 5.69 Å². The van der Waals surface area contributed by atoms with Crippen LogP contribution in [0.1, 0.15) is 111 Å². The lowest BCUT2D eigenvalue weighted by molar-refractivity contribution is -0.384. The van der Waals surface area contributed by atoms with Gasteiger partial charge in [0.25, 0.3) is 5.69 Å². The first kappa shape index (κ1) is 31.0. The van der Waals surface area contributed by atoms with Gasteiger partial charge in [-0.3, -0.25) is 19.7 Å². The number of hydrogen-bond donors (Lipinski definition) is 1. The summed E-state index contributed by atoms with van der Waals surface area (Å²) >= 11 is 0. The summed E-state index contributed by atoms with van der Waals surface area (Å²) in [6.07, 6.45) is 12.9. The molecule has 0 radical (unpaired) electrons. The fraction of sp³-hybridized carbons (Fsp3) is 0.548. The Morgan fingerprint density at radius 3 is 1.95 bits per heavy atom. The fourth-order valence-corrected chi connectivity index (χ4v) is 4.51. The van der Waals surface area contributed by atoms with Crippen LogP contribution in [0.2, 0.25) is 0 Å². The zero-order chi connectivity index (χ0) is 27.8. The van der Waals surface area contributed by atoms with Gasteiger partial charge in [-0.2, -0.15) is 0 Å². The first-order valence-corrected chi connectivity index (χ1v) is 14.1. The average molecular weight is 525 g/mol. The Bertz CT molecular complexity index is 1010. The number of non-ortho nitro benzene ring substituents is 1. The minimum absolute atomic E-state index is 0.0384. The molecule has 2 aromatic carbocycles. The number of unbranched alkanes of at least 4 members (excludes halogenated alkanes) is 9. The highest BCUT2D eigenvalue weighted by atomic mass is 16.6. The van der Waals surface area contributed by atoms with Gasteiger partial charge in [0, 0.05) is 37.1 Å². The van der Waals surface area contributed by atoms with Crippen LogP contribution in [0.25, 0.3) is 0 Å². The van der Waals surface area contributed by atoms with E-state index in [9.17, 15) is 19.7 Å². The Morgan fingerprint density at radius 2 is 1.39 bits per heavy atom. The molecule has 7 nitrogen and oxygen atoms in total. The molecule has 38 heavy (non-hydrogen) atoms. The lowest BCUT2D eigenvalue weighted by atomic mass is 10.00. The number of aryl methyl sites for hydroxylation is 2. The van der Waals surface area contributed by atoms with Gasteiger partial charge in [0.1, 0.15) is 12.4 Å². The molecule has 0 aliphatic heterocycles. The summed E-state index contributed by atoms with van der Waals surface area (Å²) in [6.45, 7) is 6.94. The zero-order valence-electron chi connectivity index (χ0n) is 23.4. The first-order chi connectivity index (χ1) is 18.3. The van der Waals surface area contributed by atoms with Crippen molar-refractivity contribution < 1.29 is 19.2 Å². The van der Waals surface area contributed by atoms with Gasteiger partial charge in [-0.1, -0.05) is 64.7 Å². The van der Waals surface area contributed by atoms with Gasteiger partial charge in [-0.15, -0.1) is 0 Å². The molecule has 0 saturated carbocycles. The second kappa shape index (κ2) is 17.3. The second-order valence-corrected chi connectivity index (χ2v) is 10.1. The summed E-state index contributed by atoms with van der Waals surface area (Å²) in [4.78, 5) is 35.3. The van der Waals surface area contributed by atoms with Gasteiger partial charge in [0.2, 0.25) is 5.91 Å². The molecule has 0 atom stereocenters. The number of rotatable bonds is 19. The van der Waals surface area contributed by atoms with E-state index in [2.05, 4.69) is 12.2 Å². The third-order valence-corrected chi connectivity index (χ3v) is 6.74. The van der Waals surface area contributed by atoms with Gasteiger partial charge in [0.05, 0.1) is 4.92 Å². The van der Waals surface area contributed by atoms with Crippen molar-refractivity contribution in [3.63, 3.8) is 0 Å². The largest absolute Gasteiger partial charge is 0.488 e. The predicted octanol–water partition coefficient (Wildman–Crippen LogP) is 7.79. The third-order valence-electron chi connectivity index (χ3n) is 6.74. The number of benzene rings is 2. The molecule has 1 N–H and O–H groups in total. The van der Waals surface area contributed by atoms with Crippen LogP contribution in [0.5, 0.6) is 5.75 Å². The Labute approximate surface area is 227 Å². The van der Waals surface area contributed by atoms with Crippen molar-refractivity contribution >= 4 is 17.4 Å². The van der Waals surface area contributed by atoms with Crippen LogP contribution >= 0.6 is 0 Å². The van der Waals surface area contributed by atoms with E-state index in [0.717, 1.165) is 29.5 Å². The minimum Gasteiger partial charge on any atom is -0.488 e. The Hall–Kier alpha value is -3.22. The molecule has 0 aliphatic rings. The third kappa shape index (κ3) is 11.4. The van der Waals surface area contributed by atoms with E-state index in [1.165, 1.54) is 63.5 Å². The Kier molecular flexibility index (Phi) is 14.1. The summed E-state index contributed by atoms with van der Waals surface area (Å²) in [5, 5.41) is 13.7. The predicted molar refractivity (Wildman–Crippen MR) is 152 cm³/mol. The van der Waals surface area contributed by atoms with Crippen LogP contribution in [0.15, 0.2) is 36.4 Å². The number of nitrogens with zero attached hydrogens (tertiary/aromatic N) is 1. The van der Waals surface area contributed by atoms with Gasteiger partial charge in [-0.05, 0) is 61.2 Å². The summed E-state index contributed by atoms with van der Waals surface area (Å²) in [6, 6.07) is 9.83. The summed E-state index contributed by atoms with van der Waals surface area (Å²) in [5.74, 6) is 0.548. The van der Waals surface area contributed by atoms with Crippen molar-refractivity contribution in [3.05, 3.63) is 68.8 Å². The number of nitrogens with one attached hydrogen (secondary N) is 1. The second-order valence-electron chi connectivity index (χ2n) is 10.1. The van der Waals surface area contributed by atoms with E-state index in [-0.39, 0.29) is 36.8 Å². The number of Topliss-reactive ketones (excluding diaryl/α,β-unsaturated/α-hetero) is 1. The maximum absolute atomic E-state index is 12.7. The highest BCUT2D eigenvalue weighted by molar-refractivity contribution is 5.98. The molecular formula is C31H44N2O5. The molecule has 0 saturated heterocycles. The molecule has 0 unspecified atom stereocenters. The van der Waals surface area contributed by atoms with Crippen molar-refractivity contribution in [2.45, 2.75) is 104 Å². The Balaban J connectivity index is 1.67. The standard InChI is InChI=1S/C31H44N2O5/c1-4-5-6-7-8-9-10-11-12-13-20-32-30(35)19-18-29(34)27-21-24(2)31(25(3)22-27)38-23-26-14-16-28(17-15-26)33(36)37/h14-17,21-22H,4-13,18-20,23H2,1-3H3,(H,32,35). The van der Waals surface area contributed by atoms with Gasteiger partial charge >= 0.3 is 0 Å². The van der Waals surface area contributed by atoms with Crippen LogP contribution in [-0.4, -0.2) is 23.2 Å². The van der Waals surface area contributed by atoms with Crippen LogP contribution in [0, 0.1) is 24.0 Å². The molecular weight excluding hydrogens is 480 g/mol. The molecule has 0 spiro atoms. The topological polar surface area (TPSA) is 98.5 Å². The number of ketones is 1. The number of ether oxygens (including phenoxy) is 1. The summed E-state index contributed by atoms with van der Waals surface area (Å²) in [7, 11) is 0. The summed E-state index contributed by atoms with van der Waals surface area (Å²) < 4.78 is 5.95. The van der Waals surface area contributed by atoms with E-state index in [4.69, 9.17) is 4.74 Å². The first-order valence-electron chi connectivity index (χ1n) is 14.1. The fourth-order valence-electron chi connectivity index (χ4n) is 4.51. The number of carbonyl (C=O) groups excluding carboxylic acids is 2. The van der Waals surface area contributed by atoms with Crippen LogP contribution < -0.4 is 10.1 Å². The highest BCUT2D eigenvalue weighted by Gasteiger charge is 2.14. The number of hydrogen-bond acceptors (Lipinski definition) is 5. The molecule has 208 valence electrons. The molecule has 7 heteroatoms. The number of nitro benzene ring substituents is 1. The normalized spacial score (nSPS) is 10.8. The van der Waals surface area contributed by atoms with Crippen molar-refractivity contribution in [1.29, 1.82) is 0 Å². The van der Waals surface area contributed by atoms with E-state index in [1.807, 2.05) is 13.8 Å². The molecule has 2 rings (SSSR count). The number of nitro groups is 1. The molecule has 1 amide bonds. The quantitative estimate of drug-likeness (QED) is 0.0875. The van der Waals surface area contributed by atoms with Gasteiger partial charge in [0.15, 0.2) is 5.78 Å². The maximum atomic E-state index is 12.7. The van der Waals surface area contributed by atoms with Crippen LogP contribution in [0.3, 0.4) is 0 Å². The molecule has 0 bridgehead atoms. The number of carbonyl (C=O) groups is 2. The van der Waals surface area contributed by atoms with E-state index in [0.29, 0.717) is 17.9 Å². The van der Waals surface area contributed by atoms with E-state index >= 15 is 0 Å². The average Bonchev–Trinajstić information content (AvgIpc) is 2.90. The smallest absolute Gasteiger partial charge is 0.269 e. The molecule has 0 aliphatic carbocycles. The van der Waals surface area contributed by atoms with E-state index < -0.39 is 4.92 Å². The zero-order valence-corrected chi connectivity index (χ0v) is 23.4. The van der Waals surface area contributed by atoms with Crippen molar-refractivity contribution in [2.24, 2.45) is 0 Å². The molecule has 0 fully saturated rings. The van der Waals surface area contributed by atoms with Crippen LogP contribution in [-0.2, 0) is 11.4 Å². The molecule has 2 aromatic rings. The minimum atomic E-state index is -0.434.